The highest BCUT2D eigenvalue weighted by molar-refractivity contribution is 5.95. The molecule has 92 valence electrons. The highest BCUT2D eigenvalue weighted by Crippen LogP contribution is 2.23. The molecule has 1 aliphatic heterocycles. The van der Waals surface area contributed by atoms with Crippen molar-refractivity contribution in [2.24, 2.45) is 5.92 Å². The molecule has 1 aromatic rings. The number of anilines is 1. The van der Waals surface area contributed by atoms with E-state index in [0.29, 0.717) is 18.7 Å². The van der Waals surface area contributed by atoms with Crippen LogP contribution in [0.5, 0.6) is 5.75 Å². The molecular formula is C12H16N2O3. The SMILES string of the molecule is Nc1ccc(C(=O)N2CCC(CO)C2)cc1O. The Morgan fingerprint density at radius 3 is 2.88 bits per heavy atom. The first-order valence-electron chi connectivity index (χ1n) is 5.60. The Balaban J connectivity index is 2.12. The van der Waals surface area contributed by atoms with Crippen LogP contribution in [0.3, 0.4) is 0 Å². The van der Waals surface area contributed by atoms with Crippen molar-refractivity contribution in [1.29, 1.82) is 0 Å². The van der Waals surface area contributed by atoms with Gasteiger partial charge in [0.1, 0.15) is 5.75 Å². The number of amides is 1. The van der Waals surface area contributed by atoms with E-state index in [0.717, 1.165) is 6.42 Å². The number of aliphatic hydroxyl groups excluding tert-OH is 1. The van der Waals surface area contributed by atoms with Crippen molar-refractivity contribution in [3.05, 3.63) is 23.8 Å². The van der Waals surface area contributed by atoms with Crippen LogP contribution in [0.4, 0.5) is 5.69 Å². The summed E-state index contributed by atoms with van der Waals surface area (Å²) in [6, 6.07) is 4.50. The van der Waals surface area contributed by atoms with Crippen molar-refractivity contribution in [2.45, 2.75) is 6.42 Å². The molecule has 0 radical (unpaired) electrons. The number of nitrogens with zero attached hydrogens (tertiary/aromatic N) is 1. The van der Waals surface area contributed by atoms with Gasteiger partial charge in [-0.15, -0.1) is 0 Å². The van der Waals surface area contributed by atoms with Crippen LogP contribution in [0.25, 0.3) is 0 Å². The number of hydrogen-bond donors (Lipinski definition) is 3. The number of phenolic OH excluding ortho intramolecular Hbond substituents is 1. The summed E-state index contributed by atoms with van der Waals surface area (Å²) in [6.07, 6.45) is 0.823. The molecule has 4 N–H and O–H groups in total. The van der Waals surface area contributed by atoms with E-state index in [1.807, 2.05) is 0 Å². The van der Waals surface area contributed by atoms with E-state index in [4.69, 9.17) is 10.8 Å². The first kappa shape index (κ1) is 11.7. The monoisotopic (exact) mass is 236 g/mol. The van der Waals surface area contributed by atoms with Crippen LogP contribution in [0, 0.1) is 5.92 Å². The van der Waals surface area contributed by atoms with E-state index in [2.05, 4.69) is 0 Å². The summed E-state index contributed by atoms with van der Waals surface area (Å²) in [4.78, 5) is 13.8. The molecule has 1 unspecified atom stereocenters. The van der Waals surface area contributed by atoms with E-state index in [9.17, 15) is 9.90 Å². The quantitative estimate of drug-likeness (QED) is 0.513. The molecule has 1 aliphatic rings. The maximum Gasteiger partial charge on any atom is 0.254 e. The highest BCUT2D eigenvalue weighted by atomic mass is 16.3. The summed E-state index contributed by atoms with van der Waals surface area (Å²) in [6.45, 7) is 1.33. The van der Waals surface area contributed by atoms with Crippen molar-refractivity contribution >= 4 is 11.6 Å². The third-order valence-electron chi connectivity index (χ3n) is 3.11. The summed E-state index contributed by atoms with van der Waals surface area (Å²) >= 11 is 0. The van der Waals surface area contributed by atoms with Crippen LogP contribution in [-0.2, 0) is 0 Å². The van der Waals surface area contributed by atoms with Gasteiger partial charge in [0.05, 0.1) is 5.69 Å². The zero-order chi connectivity index (χ0) is 12.4. The van der Waals surface area contributed by atoms with E-state index in [1.54, 1.807) is 11.0 Å². The second-order valence-electron chi connectivity index (χ2n) is 4.36. The lowest BCUT2D eigenvalue weighted by atomic mass is 10.1. The molecule has 17 heavy (non-hydrogen) atoms. The van der Waals surface area contributed by atoms with Gasteiger partial charge in [0, 0.05) is 31.2 Å². The van der Waals surface area contributed by atoms with E-state index < -0.39 is 0 Å². The number of phenols is 1. The normalized spacial score (nSPS) is 19.6. The van der Waals surface area contributed by atoms with Crippen molar-refractivity contribution in [1.82, 2.24) is 4.90 Å². The lowest BCUT2D eigenvalue weighted by Crippen LogP contribution is -2.29. The van der Waals surface area contributed by atoms with Crippen LogP contribution < -0.4 is 5.73 Å². The molecule has 1 atom stereocenters. The summed E-state index contributed by atoms with van der Waals surface area (Å²) in [5.74, 6) is -0.0358. The molecule has 1 fully saturated rings. The highest BCUT2D eigenvalue weighted by Gasteiger charge is 2.26. The number of nitrogens with two attached hydrogens (primary N) is 1. The fraction of sp³-hybridized carbons (Fsp3) is 0.417. The Kier molecular flexibility index (Phi) is 3.19. The minimum atomic E-state index is -0.128. The molecule has 5 nitrogen and oxygen atoms in total. The molecule has 2 rings (SSSR count). The van der Waals surface area contributed by atoms with E-state index in [1.165, 1.54) is 12.1 Å². The zero-order valence-corrected chi connectivity index (χ0v) is 9.47. The van der Waals surface area contributed by atoms with Gasteiger partial charge in [-0.3, -0.25) is 4.79 Å². The lowest BCUT2D eigenvalue weighted by molar-refractivity contribution is 0.0781. The molecule has 1 heterocycles. The summed E-state index contributed by atoms with van der Waals surface area (Å²) < 4.78 is 0. The molecule has 1 aromatic carbocycles. The number of aliphatic hydroxyl groups is 1. The first-order valence-corrected chi connectivity index (χ1v) is 5.60. The zero-order valence-electron chi connectivity index (χ0n) is 9.47. The van der Waals surface area contributed by atoms with Crippen LogP contribution in [-0.4, -0.2) is 40.7 Å². The third-order valence-corrected chi connectivity index (χ3v) is 3.11. The Bertz CT molecular complexity index is 434. The van der Waals surface area contributed by atoms with Crippen molar-refractivity contribution in [2.75, 3.05) is 25.4 Å². The Morgan fingerprint density at radius 1 is 1.53 bits per heavy atom. The minimum absolute atomic E-state index is 0.0752. The number of benzene rings is 1. The fourth-order valence-electron chi connectivity index (χ4n) is 2.03. The van der Waals surface area contributed by atoms with Gasteiger partial charge < -0.3 is 20.8 Å². The van der Waals surface area contributed by atoms with Crippen LogP contribution in [0.15, 0.2) is 18.2 Å². The summed E-state index contributed by atoms with van der Waals surface area (Å²) in [5, 5.41) is 18.5. The van der Waals surface area contributed by atoms with Gasteiger partial charge >= 0.3 is 0 Å². The third kappa shape index (κ3) is 2.34. The minimum Gasteiger partial charge on any atom is -0.506 e. The molecule has 5 heteroatoms. The molecule has 0 saturated carbocycles. The van der Waals surface area contributed by atoms with Gasteiger partial charge in [-0.25, -0.2) is 0 Å². The number of carbonyl (C=O) groups is 1. The second-order valence-corrected chi connectivity index (χ2v) is 4.36. The largest absolute Gasteiger partial charge is 0.506 e. The maximum absolute atomic E-state index is 12.1. The smallest absolute Gasteiger partial charge is 0.254 e. The van der Waals surface area contributed by atoms with Gasteiger partial charge in [-0.1, -0.05) is 0 Å². The molecule has 0 spiro atoms. The van der Waals surface area contributed by atoms with Crippen molar-refractivity contribution < 1.29 is 15.0 Å². The van der Waals surface area contributed by atoms with Gasteiger partial charge in [-0.2, -0.15) is 0 Å². The standard InChI is InChI=1S/C12H16N2O3/c13-10-2-1-9(5-11(10)16)12(17)14-4-3-8(6-14)7-15/h1-2,5,8,15-16H,3-4,6-7,13H2. The van der Waals surface area contributed by atoms with Crippen molar-refractivity contribution in [3.63, 3.8) is 0 Å². The molecule has 0 bridgehead atoms. The average Bonchev–Trinajstić information content (AvgIpc) is 2.80. The number of carbonyl (C=O) groups excluding carboxylic acids is 1. The molecule has 1 amide bonds. The molecule has 0 aromatic heterocycles. The molecule has 0 aliphatic carbocycles. The lowest BCUT2D eigenvalue weighted by Gasteiger charge is -2.16. The molecular weight excluding hydrogens is 220 g/mol. The number of likely N-dealkylation sites (tertiary alicyclic amines) is 1. The van der Waals surface area contributed by atoms with Crippen LogP contribution in [0.2, 0.25) is 0 Å². The average molecular weight is 236 g/mol. The van der Waals surface area contributed by atoms with Crippen molar-refractivity contribution in [3.8, 4) is 5.75 Å². The summed E-state index contributed by atoms with van der Waals surface area (Å²) in [5.41, 5.74) is 6.16. The Morgan fingerprint density at radius 2 is 2.29 bits per heavy atom. The van der Waals surface area contributed by atoms with Crippen LogP contribution in [0.1, 0.15) is 16.8 Å². The van der Waals surface area contributed by atoms with E-state index in [-0.39, 0.29) is 29.9 Å². The van der Waals surface area contributed by atoms with E-state index >= 15 is 0 Å². The fourth-order valence-corrected chi connectivity index (χ4v) is 2.03. The summed E-state index contributed by atoms with van der Waals surface area (Å²) in [7, 11) is 0. The number of hydrogen-bond acceptors (Lipinski definition) is 4. The topological polar surface area (TPSA) is 86.8 Å². The predicted octanol–water partition coefficient (Wildman–Crippen LogP) is 0.429. The first-order chi connectivity index (χ1) is 8.11. The van der Waals surface area contributed by atoms with Gasteiger partial charge in [0.2, 0.25) is 0 Å². The van der Waals surface area contributed by atoms with Crippen LogP contribution >= 0.6 is 0 Å². The Hall–Kier alpha value is -1.75. The number of nitrogen functional groups attached to an aromatic ring is 1. The van der Waals surface area contributed by atoms with Gasteiger partial charge in [0.15, 0.2) is 0 Å². The van der Waals surface area contributed by atoms with Gasteiger partial charge in [0.25, 0.3) is 5.91 Å². The second kappa shape index (κ2) is 4.63. The number of aromatic hydroxyl groups is 1. The van der Waals surface area contributed by atoms with Gasteiger partial charge in [-0.05, 0) is 24.6 Å². The number of rotatable bonds is 2. The predicted molar refractivity (Wildman–Crippen MR) is 63.6 cm³/mol. The maximum atomic E-state index is 12.1. The molecule has 1 saturated heterocycles. The Labute approximate surface area is 99.5 Å².